The van der Waals surface area contributed by atoms with Crippen LogP contribution in [0.3, 0.4) is 0 Å². The van der Waals surface area contributed by atoms with Crippen molar-refractivity contribution in [1.82, 2.24) is 10.2 Å². The number of rotatable bonds is 8. The molecular formula is C12H24N2O3. The summed E-state index contributed by atoms with van der Waals surface area (Å²) in [6.07, 6.45) is 0.295. The molecule has 0 saturated heterocycles. The average Bonchev–Trinajstić information content (AvgIpc) is 2.30. The van der Waals surface area contributed by atoms with Gasteiger partial charge < -0.3 is 15.0 Å². The number of carbonyl (C=O) groups excluding carboxylic acids is 2. The van der Waals surface area contributed by atoms with Crippen LogP contribution in [0.25, 0.3) is 0 Å². The lowest BCUT2D eigenvalue weighted by Gasteiger charge is -2.23. The molecule has 0 aromatic heterocycles. The van der Waals surface area contributed by atoms with Gasteiger partial charge in [-0.15, -0.1) is 0 Å². The van der Waals surface area contributed by atoms with Crippen molar-refractivity contribution in [2.45, 2.75) is 40.2 Å². The Morgan fingerprint density at radius 2 is 1.82 bits per heavy atom. The first-order chi connectivity index (χ1) is 8.06. The lowest BCUT2D eigenvalue weighted by Crippen LogP contribution is -2.45. The molecular weight excluding hydrogens is 220 g/mol. The predicted octanol–water partition coefficient (Wildman–Crippen LogP) is 0.786. The molecule has 0 heterocycles. The molecule has 0 aliphatic heterocycles. The Bertz CT molecular complexity index is 240. The highest BCUT2D eigenvalue weighted by Gasteiger charge is 2.17. The maximum Gasteiger partial charge on any atom is 0.307 e. The summed E-state index contributed by atoms with van der Waals surface area (Å²) >= 11 is 0. The molecule has 5 heteroatoms. The SMILES string of the molecule is CCOC(=O)CCNC(C)C(=O)N(CC)CC. The van der Waals surface area contributed by atoms with Crippen LogP contribution < -0.4 is 5.32 Å². The number of ether oxygens (including phenoxy) is 1. The van der Waals surface area contributed by atoms with Crippen molar-refractivity contribution in [1.29, 1.82) is 0 Å². The largest absolute Gasteiger partial charge is 0.466 e. The van der Waals surface area contributed by atoms with E-state index in [0.29, 0.717) is 32.7 Å². The first kappa shape index (κ1) is 15.9. The molecule has 0 aliphatic rings. The van der Waals surface area contributed by atoms with Gasteiger partial charge in [0.25, 0.3) is 0 Å². The molecule has 5 nitrogen and oxygen atoms in total. The molecule has 1 amide bonds. The van der Waals surface area contributed by atoms with E-state index in [0.717, 1.165) is 0 Å². The summed E-state index contributed by atoms with van der Waals surface area (Å²) in [5.41, 5.74) is 0. The molecule has 0 radical (unpaired) electrons. The molecule has 0 aromatic carbocycles. The number of likely N-dealkylation sites (N-methyl/N-ethyl adjacent to an activating group) is 1. The number of nitrogens with one attached hydrogen (secondary N) is 1. The van der Waals surface area contributed by atoms with Crippen molar-refractivity contribution in [3.8, 4) is 0 Å². The first-order valence-electron chi connectivity index (χ1n) is 6.24. The van der Waals surface area contributed by atoms with Gasteiger partial charge in [-0.1, -0.05) is 0 Å². The summed E-state index contributed by atoms with van der Waals surface area (Å²) in [6, 6.07) is -0.260. The lowest BCUT2D eigenvalue weighted by atomic mass is 10.2. The maximum atomic E-state index is 11.9. The summed E-state index contributed by atoms with van der Waals surface area (Å²) in [5, 5.41) is 3.03. The standard InChI is InChI=1S/C12H24N2O3/c1-5-14(6-2)12(16)10(4)13-9-8-11(15)17-7-3/h10,13H,5-9H2,1-4H3. The smallest absolute Gasteiger partial charge is 0.307 e. The maximum absolute atomic E-state index is 11.9. The molecule has 0 aliphatic carbocycles. The van der Waals surface area contributed by atoms with Crippen molar-refractivity contribution < 1.29 is 14.3 Å². The average molecular weight is 244 g/mol. The molecule has 1 atom stereocenters. The fraction of sp³-hybridized carbons (Fsp3) is 0.833. The summed E-state index contributed by atoms with van der Waals surface area (Å²) in [5.74, 6) is -0.165. The van der Waals surface area contributed by atoms with Crippen LogP contribution >= 0.6 is 0 Å². The van der Waals surface area contributed by atoms with Gasteiger partial charge in [0.2, 0.25) is 5.91 Å². The minimum Gasteiger partial charge on any atom is -0.466 e. The van der Waals surface area contributed by atoms with Gasteiger partial charge in [0, 0.05) is 19.6 Å². The normalized spacial score (nSPS) is 12.0. The highest BCUT2D eigenvalue weighted by atomic mass is 16.5. The second-order valence-electron chi connectivity index (χ2n) is 3.74. The van der Waals surface area contributed by atoms with Crippen molar-refractivity contribution in [3.63, 3.8) is 0 Å². The second kappa shape index (κ2) is 8.98. The quantitative estimate of drug-likeness (QED) is 0.641. The topological polar surface area (TPSA) is 58.6 Å². The molecule has 1 N–H and O–H groups in total. The van der Waals surface area contributed by atoms with Crippen LogP contribution in [-0.4, -0.2) is 49.1 Å². The van der Waals surface area contributed by atoms with Crippen molar-refractivity contribution >= 4 is 11.9 Å². The third-order valence-corrected chi connectivity index (χ3v) is 2.53. The van der Waals surface area contributed by atoms with Crippen LogP contribution in [0, 0.1) is 0 Å². The van der Waals surface area contributed by atoms with Gasteiger partial charge in [-0.25, -0.2) is 0 Å². The van der Waals surface area contributed by atoms with E-state index in [1.807, 2.05) is 20.8 Å². The lowest BCUT2D eigenvalue weighted by molar-refractivity contribution is -0.143. The van der Waals surface area contributed by atoms with Crippen LogP contribution in [0.1, 0.15) is 34.1 Å². The number of hydrogen-bond donors (Lipinski definition) is 1. The van der Waals surface area contributed by atoms with Crippen molar-refractivity contribution in [3.05, 3.63) is 0 Å². The number of carbonyl (C=O) groups is 2. The van der Waals surface area contributed by atoms with Crippen LogP contribution in [0.2, 0.25) is 0 Å². The van der Waals surface area contributed by atoms with Gasteiger partial charge in [0.05, 0.1) is 19.1 Å². The molecule has 0 aromatic rings. The molecule has 17 heavy (non-hydrogen) atoms. The van der Waals surface area contributed by atoms with Gasteiger partial charge in [0.1, 0.15) is 0 Å². The van der Waals surface area contributed by atoms with E-state index in [2.05, 4.69) is 5.32 Å². The summed E-state index contributed by atoms with van der Waals surface area (Å²) < 4.78 is 4.80. The molecule has 100 valence electrons. The van der Waals surface area contributed by atoms with E-state index in [4.69, 9.17) is 4.74 Å². The zero-order chi connectivity index (χ0) is 13.3. The van der Waals surface area contributed by atoms with E-state index in [1.54, 1.807) is 11.8 Å². The van der Waals surface area contributed by atoms with Crippen molar-refractivity contribution in [2.75, 3.05) is 26.2 Å². The Morgan fingerprint density at radius 3 is 2.29 bits per heavy atom. The number of esters is 1. The third kappa shape index (κ3) is 6.26. The minimum atomic E-state index is -0.260. The van der Waals surface area contributed by atoms with E-state index in [9.17, 15) is 9.59 Å². The van der Waals surface area contributed by atoms with Crippen LogP contribution in [0.4, 0.5) is 0 Å². The minimum absolute atomic E-state index is 0.0684. The molecule has 0 saturated carbocycles. The summed E-state index contributed by atoms with van der Waals surface area (Å²) in [6.45, 7) is 9.77. The van der Waals surface area contributed by atoms with Crippen molar-refractivity contribution in [2.24, 2.45) is 0 Å². The van der Waals surface area contributed by atoms with Crippen LogP contribution in [-0.2, 0) is 14.3 Å². The van der Waals surface area contributed by atoms with Crippen LogP contribution in [0.5, 0.6) is 0 Å². The fourth-order valence-electron chi connectivity index (χ4n) is 1.52. The Morgan fingerprint density at radius 1 is 1.24 bits per heavy atom. The second-order valence-corrected chi connectivity index (χ2v) is 3.74. The molecule has 0 rings (SSSR count). The first-order valence-corrected chi connectivity index (χ1v) is 6.24. The Hall–Kier alpha value is -1.10. The van der Waals surface area contributed by atoms with Gasteiger partial charge in [-0.05, 0) is 27.7 Å². The highest BCUT2D eigenvalue weighted by Crippen LogP contribution is 1.95. The van der Waals surface area contributed by atoms with E-state index >= 15 is 0 Å². The fourth-order valence-corrected chi connectivity index (χ4v) is 1.52. The zero-order valence-corrected chi connectivity index (χ0v) is 11.3. The zero-order valence-electron chi connectivity index (χ0n) is 11.3. The molecule has 0 bridgehead atoms. The van der Waals surface area contributed by atoms with Crippen LogP contribution in [0.15, 0.2) is 0 Å². The van der Waals surface area contributed by atoms with Gasteiger partial charge in [-0.3, -0.25) is 9.59 Å². The van der Waals surface area contributed by atoms with E-state index in [1.165, 1.54) is 0 Å². The van der Waals surface area contributed by atoms with E-state index in [-0.39, 0.29) is 17.9 Å². The number of hydrogen-bond acceptors (Lipinski definition) is 4. The highest BCUT2D eigenvalue weighted by molar-refractivity contribution is 5.81. The predicted molar refractivity (Wildman–Crippen MR) is 66.6 cm³/mol. The Labute approximate surface area is 103 Å². The summed E-state index contributed by atoms with van der Waals surface area (Å²) in [7, 11) is 0. The third-order valence-electron chi connectivity index (χ3n) is 2.53. The van der Waals surface area contributed by atoms with E-state index < -0.39 is 0 Å². The molecule has 0 spiro atoms. The molecule has 1 unspecified atom stereocenters. The Kier molecular flexibility index (Phi) is 8.40. The summed E-state index contributed by atoms with van der Waals surface area (Å²) in [4.78, 5) is 24.7. The molecule has 0 fully saturated rings. The number of amides is 1. The Balaban J connectivity index is 3.89. The van der Waals surface area contributed by atoms with Gasteiger partial charge in [0.15, 0.2) is 0 Å². The number of nitrogens with zero attached hydrogens (tertiary/aromatic N) is 1. The van der Waals surface area contributed by atoms with Gasteiger partial charge in [-0.2, -0.15) is 0 Å². The van der Waals surface area contributed by atoms with Gasteiger partial charge >= 0.3 is 5.97 Å². The monoisotopic (exact) mass is 244 g/mol.